The molecular weight excluding hydrogens is 224 g/mol. The molecule has 1 aliphatic rings. The first kappa shape index (κ1) is 13.2. The molecule has 16 heavy (non-hydrogen) atoms. The molecule has 2 N–H and O–H groups in total. The van der Waals surface area contributed by atoms with Crippen molar-refractivity contribution in [2.24, 2.45) is 5.73 Å². The molecule has 0 spiro atoms. The molecule has 5 heteroatoms. The molecular formula is C11H20N2O2S. The highest BCUT2D eigenvalue weighted by Crippen LogP contribution is 2.26. The van der Waals surface area contributed by atoms with Gasteiger partial charge in [0.15, 0.2) is 0 Å². The third kappa shape index (κ3) is 3.07. The number of hydrogen-bond donors (Lipinski definition) is 1. The maximum Gasteiger partial charge on any atom is 0.411 e. The molecule has 0 radical (unpaired) electrons. The van der Waals surface area contributed by atoms with Crippen LogP contribution in [0, 0.1) is 0 Å². The Bertz CT molecular complexity index is 299. The average Bonchev–Trinajstić information content (AvgIpc) is 2.43. The maximum absolute atomic E-state index is 12.0. The van der Waals surface area contributed by atoms with Crippen LogP contribution in [0.2, 0.25) is 0 Å². The number of ether oxygens (including phenoxy) is 1. The summed E-state index contributed by atoms with van der Waals surface area (Å²) >= 11 is 4.97. The molecule has 0 aliphatic carbocycles. The molecule has 1 rings (SSSR count). The minimum atomic E-state index is -0.486. The van der Waals surface area contributed by atoms with Crippen LogP contribution in [0.4, 0.5) is 4.79 Å². The van der Waals surface area contributed by atoms with Crippen molar-refractivity contribution in [2.75, 3.05) is 0 Å². The molecule has 1 aliphatic heterocycles. The number of likely N-dealkylation sites (tertiary alicyclic amines) is 1. The van der Waals surface area contributed by atoms with Gasteiger partial charge in [0.1, 0.15) is 5.60 Å². The Labute approximate surface area is 102 Å². The topological polar surface area (TPSA) is 55.6 Å². The lowest BCUT2D eigenvalue weighted by atomic mass is 10.2. The predicted molar refractivity (Wildman–Crippen MR) is 67.3 cm³/mol. The van der Waals surface area contributed by atoms with E-state index in [1.54, 1.807) is 4.90 Å². The van der Waals surface area contributed by atoms with Gasteiger partial charge in [-0.2, -0.15) is 0 Å². The van der Waals surface area contributed by atoms with Crippen molar-refractivity contribution in [2.45, 2.75) is 58.2 Å². The van der Waals surface area contributed by atoms with Crippen molar-refractivity contribution >= 4 is 23.3 Å². The van der Waals surface area contributed by atoms with E-state index in [0.717, 1.165) is 12.8 Å². The van der Waals surface area contributed by atoms with E-state index in [1.165, 1.54) is 0 Å². The Morgan fingerprint density at radius 1 is 1.44 bits per heavy atom. The Morgan fingerprint density at radius 2 is 2.00 bits per heavy atom. The summed E-state index contributed by atoms with van der Waals surface area (Å²) < 4.78 is 5.34. The largest absolute Gasteiger partial charge is 0.444 e. The SMILES string of the molecule is C[C@@H]1CC[C@@H](C(N)=S)N1C(=O)OC(C)(C)C. The molecule has 1 fully saturated rings. The summed E-state index contributed by atoms with van der Waals surface area (Å²) in [5.41, 5.74) is 5.15. The fourth-order valence-corrected chi connectivity index (χ4v) is 2.12. The first-order valence-electron chi connectivity index (χ1n) is 5.53. The summed E-state index contributed by atoms with van der Waals surface area (Å²) in [5.74, 6) is 0. The van der Waals surface area contributed by atoms with Crippen LogP contribution in [-0.2, 0) is 4.74 Å². The first-order chi connectivity index (χ1) is 7.22. The van der Waals surface area contributed by atoms with Gasteiger partial charge < -0.3 is 10.5 Å². The highest BCUT2D eigenvalue weighted by Gasteiger charge is 2.38. The Hall–Kier alpha value is -0.840. The summed E-state index contributed by atoms with van der Waals surface area (Å²) in [5, 5.41) is 0. The van der Waals surface area contributed by atoms with E-state index in [0.29, 0.717) is 4.99 Å². The molecule has 0 aromatic carbocycles. The molecule has 0 aromatic heterocycles. The van der Waals surface area contributed by atoms with Gasteiger partial charge in [-0.15, -0.1) is 0 Å². The molecule has 0 unspecified atom stereocenters. The van der Waals surface area contributed by atoms with Gasteiger partial charge in [0.2, 0.25) is 0 Å². The number of amides is 1. The average molecular weight is 244 g/mol. The van der Waals surface area contributed by atoms with Crippen LogP contribution in [-0.4, -0.2) is 33.7 Å². The van der Waals surface area contributed by atoms with E-state index in [9.17, 15) is 4.79 Å². The van der Waals surface area contributed by atoms with Gasteiger partial charge in [-0.05, 0) is 40.5 Å². The molecule has 1 amide bonds. The molecule has 1 heterocycles. The third-order valence-electron chi connectivity index (χ3n) is 2.60. The number of carbonyl (C=O) groups is 1. The van der Waals surface area contributed by atoms with Gasteiger partial charge >= 0.3 is 6.09 Å². The first-order valence-corrected chi connectivity index (χ1v) is 5.94. The molecule has 0 bridgehead atoms. The van der Waals surface area contributed by atoms with Crippen molar-refractivity contribution in [1.82, 2.24) is 4.90 Å². The number of nitrogens with zero attached hydrogens (tertiary/aromatic N) is 1. The number of carbonyl (C=O) groups excluding carboxylic acids is 1. The summed E-state index contributed by atoms with van der Waals surface area (Å²) in [4.78, 5) is 14.0. The van der Waals surface area contributed by atoms with Gasteiger partial charge in [0.25, 0.3) is 0 Å². The summed E-state index contributed by atoms with van der Waals surface area (Å²) in [7, 11) is 0. The van der Waals surface area contributed by atoms with E-state index in [2.05, 4.69) is 0 Å². The van der Waals surface area contributed by atoms with Crippen LogP contribution < -0.4 is 5.73 Å². The van der Waals surface area contributed by atoms with E-state index < -0.39 is 5.60 Å². The zero-order valence-electron chi connectivity index (χ0n) is 10.3. The quantitative estimate of drug-likeness (QED) is 0.717. The molecule has 92 valence electrons. The zero-order chi connectivity index (χ0) is 12.5. The van der Waals surface area contributed by atoms with Gasteiger partial charge in [-0.3, -0.25) is 4.90 Å². The lowest BCUT2D eigenvalue weighted by Gasteiger charge is -2.30. The van der Waals surface area contributed by atoms with Crippen molar-refractivity contribution in [3.8, 4) is 0 Å². The molecule has 4 nitrogen and oxygen atoms in total. The molecule has 2 atom stereocenters. The van der Waals surface area contributed by atoms with Crippen molar-refractivity contribution in [3.63, 3.8) is 0 Å². The number of rotatable bonds is 1. The highest BCUT2D eigenvalue weighted by atomic mass is 32.1. The Balaban J connectivity index is 2.76. The van der Waals surface area contributed by atoms with Crippen LogP contribution in [0.3, 0.4) is 0 Å². The number of nitrogens with two attached hydrogens (primary N) is 1. The third-order valence-corrected chi connectivity index (χ3v) is 2.87. The van der Waals surface area contributed by atoms with E-state index in [4.69, 9.17) is 22.7 Å². The van der Waals surface area contributed by atoms with Gasteiger partial charge in [0, 0.05) is 6.04 Å². The normalized spacial score (nSPS) is 25.6. The van der Waals surface area contributed by atoms with E-state index >= 15 is 0 Å². The Morgan fingerprint density at radius 3 is 2.44 bits per heavy atom. The van der Waals surface area contributed by atoms with Crippen LogP contribution in [0.25, 0.3) is 0 Å². The van der Waals surface area contributed by atoms with Gasteiger partial charge in [-0.1, -0.05) is 12.2 Å². The van der Waals surface area contributed by atoms with Crippen LogP contribution in [0.15, 0.2) is 0 Å². The van der Waals surface area contributed by atoms with Crippen LogP contribution >= 0.6 is 12.2 Å². The minimum absolute atomic E-state index is 0.140. The summed E-state index contributed by atoms with van der Waals surface area (Å²) in [6.45, 7) is 7.53. The minimum Gasteiger partial charge on any atom is -0.444 e. The van der Waals surface area contributed by atoms with Crippen molar-refractivity contribution < 1.29 is 9.53 Å². The van der Waals surface area contributed by atoms with Gasteiger partial charge in [-0.25, -0.2) is 4.79 Å². The molecule has 0 aromatic rings. The Kier molecular flexibility index (Phi) is 3.78. The second-order valence-electron chi connectivity index (χ2n) is 5.23. The second kappa shape index (κ2) is 4.57. The summed E-state index contributed by atoms with van der Waals surface area (Å²) in [6.07, 6.45) is 1.42. The molecule has 1 saturated heterocycles. The molecule has 0 saturated carbocycles. The standard InChI is InChI=1S/C11H20N2O2S/c1-7-5-6-8(9(12)16)13(7)10(14)15-11(2,3)4/h7-8H,5-6H2,1-4H3,(H2,12,16)/t7-,8+/m1/s1. The summed E-state index contributed by atoms with van der Waals surface area (Å²) in [6, 6.07) is -0.0128. The monoisotopic (exact) mass is 244 g/mol. The second-order valence-corrected chi connectivity index (χ2v) is 5.70. The van der Waals surface area contributed by atoms with Crippen molar-refractivity contribution in [3.05, 3.63) is 0 Å². The fraction of sp³-hybridized carbons (Fsp3) is 0.818. The predicted octanol–water partition coefficient (Wildman–Crippen LogP) is 2.06. The van der Waals surface area contributed by atoms with Crippen LogP contribution in [0.5, 0.6) is 0 Å². The maximum atomic E-state index is 12.0. The lowest BCUT2D eigenvalue weighted by Crippen LogP contribution is -2.47. The van der Waals surface area contributed by atoms with Gasteiger partial charge in [0.05, 0.1) is 11.0 Å². The fourth-order valence-electron chi connectivity index (χ4n) is 1.89. The number of thiocarbonyl (C=S) groups is 1. The van der Waals surface area contributed by atoms with Crippen LogP contribution in [0.1, 0.15) is 40.5 Å². The van der Waals surface area contributed by atoms with Crippen molar-refractivity contribution in [1.29, 1.82) is 0 Å². The lowest BCUT2D eigenvalue weighted by molar-refractivity contribution is 0.0206. The number of hydrogen-bond acceptors (Lipinski definition) is 3. The highest BCUT2D eigenvalue weighted by molar-refractivity contribution is 7.80. The van der Waals surface area contributed by atoms with E-state index in [-0.39, 0.29) is 18.2 Å². The van der Waals surface area contributed by atoms with E-state index in [1.807, 2.05) is 27.7 Å². The zero-order valence-corrected chi connectivity index (χ0v) is 11.1. The smallest absolute Gasteiger partial charge is 0.411 e.